The van der Waals surface area contributed by atoms with Crippen molar-refractivity contribution in [1.29, 1.82) is 0 Å². The van der Waals surface area contributed by atoms with Crippen LogP contribution in [-0.2, 0) is 10.5 Å². The minimum atomic E-state index is -0.460. The number of nitrogens with one attached hydrogen (secondary N) is 1. The quantitative estimate of drug-likeness (QED) is 0.694. The zero-order valence-corrected chi connectivity index (χ0v) is 17.7. The summed E-state index contributed by atoms with van der Waals surface area (Å²) in [5.74, 6) is 1.26. The Bertz CT molecular complexity index is 1290. The highest BCUT2D eigenvalue weighted by atomic mass is 32.2. The van der Waals surface area contributed by atoms with E-state index in [0.29, 0.717) is 16.6 Å². The lowest BCUT2D eigenvalue weighted by molar-refractivity contribution is -0.116. The fourth-order valence-corrected chi connectivity index (χ4v) is 4.44. The van der Waals surface area contributed by atoms with Crippen LogP contribution in [0.4, 0.5) is 0 Å². The van der Waals surface area contributed by atoms with Crippen molar-refractivity contribution in [2.75, 3.05) is 7.11 Å². The van der Waals surface area contributed by atoms with Crippen molar-refractivity contribution < 1.29 is 9.53 Å². The average Bonchev–Trinajstić information content (AvgIpc) is 2.82. The van der Waals surface area contributed by atoms with Crippen LogP contribution in [0.3, 0.4) is 0 Å². The van der Waals surface area contributed by atoms with Gasteiger partial charge in [-0.2, -0.15) is 0 Å². The smallest absolute Gasteiger partial charge is 0.276 e. The van der Waals surface area contributed by atoms with Gasteiger partial charge in [0.25, 0.3) is 5.91 Å². The van der Waals surface area contributed by atoms with Gasteiger partial charge < -0.3 is 4.74 Å². The SMILES string of the molecule is COc1cccc([C@@H]2N=c3ccccc3=C3C(=O)NC(SCc4ccccc4)=NN32)c1. The lowest BCUT2D eigenvalue weighted by Gasteiger charge is -2.34. The van der Waals surface area contributed by atoms with Crippen LogP contribution in [0.5, 0.6) is 5.75 Å². The third-order valence-electron chi connectivity index (χ3n) is 5.13. The zero-order valence-electron chi connectivity index (χ0n) is 16.9. The van der Waals surface area contributed by atoms with Crippen molar-refractivity contribution in [1.82, 2.24) is 10.3 Å². The van der Waals surface area contributed by atoms with Gasteiger partial charge in [0, 0.05) is 16.5 Å². The van der Waals surface area contributed by atoms with Gasteiger partial charge in [-0.1, -0.05) is 72.4 Å². The molecule has 7 heteroatoms. The number of hydrogen-bond acceptors (Lipinski definition) is 6. The van der Waals surface area contributed by atoms with E-state index < -0.39 is 6.17 Å². The van der Waals surface area contributed by atoms with E-state index in [1.807, 2.05) is 66.7 Å². The second-order valence-corrected chi connectivity index (χ2v) is 8.09. The van der Waals surface area contributed by atoms with Gasteiger partial charge in [-0.3, -0.25) is 15.1 Å². The number of carbonyl (C=O) groups excluding carboxylic acids is 1. The van der Waals surface area contributed by atoms with E-state index in [1.54, 1.807) is 12.1 Å². The lowest BCUT2D eigenvalue weighted by Crippen LogP contribution is -2.50. The molecule has 1 amide bonds. The van der Waals surface area contributed by atoms with E-state index in [0.717, 1.165) is 27.5 Å². The van der Waals surface area contributed by atoms with E-state index in [-0.39, 0.29) is 5.91 Å². The minimum Gasteiger partial charge on any atom is -0.497 e. The minimum absolute atomic E-state index is 0.180. The molecule has 6 nitrogen and oxygen atoms in total. The first kappa shape index (κ1) is 19.4. The summed E-state index contributed by atoms with van der Waals surface area (Å²) in [7, 11) is 1.63. The molecule has 2 aliphatic rings. The molecule has 0 bridgehead atoms. The first-order chi connectivity index (χ1) is 15.2. The summed E-state index contributed by atoms with van der Waals surface area (Å²) in [5, 5.41) is 11.6. The predicted octanol–water partition coefficient (Wildman–Crippen LogP) is 2.77. The average molecular weight is 429 g/mol. The van der Waals surface area contributed by atoms with E-state index in [4.69, 9.17) is 14.8 Å². The van der Waals surface area contributed by atoms with Gasteiger partial charge in [-0.25, -0.2) is 5.01 Å². The maximum Gasteiger partial charge on any atom is 0.276 e. The molecule has 0 spiro atoms. The van der Waals surface area contributed by atoms with Gasteiger partial charge in [-0.05, 0) is 23.8 Å². The Hall–Kier alpha value is -3.58. The molecule has 3 aromatic carbocycles. The number of methoxy groups -OCH3 is 1. The van der Waals surface area contributed by atoms with Crippen molar-refractivity contribution in [3.05, 3.63) is 101 Å². The summed E-state index contributed by atoms with van der Waals surface area (Å²) in [6.45, 7) is 0. The van der Waals surface area contributed by atoms with E-state index >= 15 is 0 Å². The second kappa shape index (κ2) is 8.28. The molecule has 5 rings (SSSR count). The van der Waals surface area contributed by atoms with Crippen LogP contribution in [0.1, 0.15) is 17.3 Å². The Kier molecular flexibility index (Phi) is 5.18. The summed E-state index contributed by atoms with van der Waals surface area (Å²) in [5.41, 5.74) is 2.57. The standard InChI is InChI=1S/C24H20N4O2S/c1-30-18-11-7-10-17(14-18)22-25-20-13-6-5-12-19(20)21-23(29)26-24(27-28(21)22)31-15-16-8-3-2-4-9-16/h2-14,22H,15H2,1H3,(H,26,27,29)/t22-/m1/s1. The van der Waals surface area contributed by atoms with Crippen LogP contribution in [0.25, 0.3) is 5.70 Å². The normalized spacial score (nSPS) is 17.1. The number of thioether (sulfide) groups is 1. The first-order valence-electron chi connectivity index (χ1n) is 9.90. The topological polar surface area (TPSA) is 66.3 Å². The first-order valence-corrected chi connectivity index (χ1v) is 10.9. The highest BCUT2D eigenvalue weighted by molar-refractivity contribution is 8.13. The molecule has 31 heavy (non-hydrogen) atoms. The monoisotopic (exact) mass is 428 g/mol. The van der Waals surface area contributed by atoms with Gasteiger partial charge in [0.2, 0.25) is 0 Å². The van der Waals surface area contributed by atoms with E-state index in [2.05, 4.69) is 17.4 Å². The molecule has 154 valence electrons. The van der Waals surface area contributed by atoms with Gasteiger partial charge >= 0.3 is 0 Å². The Balaban J connectivity index is 1.58. The zero-order chi connectivity index (χ0) is 21.2. The number of hydrazone groups is 1. The highest BCUT2D eigenvalue weighted by Crippen LogP contribution is 2.32. The molecule has 0 unspecified atom stereocenters. The number of fused-ring (bicyclic) bond motifs is 2. The number of para-hydroxylation sites is 1. The van der Waals surface area contributed by atoms with E-state index in [9.17, 15) is 4.79 Å². The lowest BCUT2D eigenvalue weighted by atomic mass is 10.1. The third-order valence-corrected chi connectivity index (χ3v) is 6.06. The van der Waals surface area contributed by atoms with Crippen LogP contribution >= 0.6 is 11.8 Å². The number of benzene rings is 3. The number of ether oxygens (including phenoxy) is 1. The summed E-state index contributed by atoms with van der Waals surface area (Å²) in [6, 6.07) is 25.5. The summed E-state index contributed by atoms with van der Waals surface area (Å²) < 4.78 is 5.39. The van der Waals surface area contributed by atoms with Crippen LogP contribution in [-0.4, -0.2) is 23.2 Å². The summed E-state index contributed by atoms with van der Waals surface area (Å²) in [6.07, 6.45) is -0.460. The Morgan fingerprint density at radius 1 is 1.03 bits per heavy atom. The summed E-state index contributed by atoms with van der Waals surface area (Å²) in [4.78, 5) is 18.1. The molecule has 3 aromatic rings. The molecular weight excluding hydrogens is 408 g/mol. The number of carbonyl (C=O) groups is 1. The van der Waals surface area contributed by atoms with Crippen molar-refractivity contribution in [3.63, 3.8) is 0 Å². The molecule has 0 saturated heterocycles. The molecule has 0 aliphatic carbocycles. The van der Waals surface area contributed by atoms with Crippen LogP contribution in [0.15, 0.2) is 89.0 Å². The van der Waals surface area contributed by atoms with Gasteiger partial charge in [0.05, 0.1) is 12.5 Å². The number of amides is 1. The fraction of sp³-hybridized carbons (Fsp3) is 0.125. The van der Waals surface area contributed by atoms with Crippen molar-refractivity contribution in [2.24, 2.45) is 10.1 Å². The third kappa shape index (κ3) is 3.80. The van der Waals surface area contributed by atoms with E-state index in [1.165, 1.54) is 11.8 Å². The Morgan fingerprint density at radius 3 is 2.68 bits per heavy atom. The Morgan fingerprint density at radius 2 is 1.84 bits per heavy atom. The molecule has 1 atom stereocenters. The highest BCUT2D eigenvalue weighted by Gasteiger charge is 2.34. The predicted molar refractivity (Wildman–Crippen MR) is 122 cm³/mol. The van der Waals surface area contributed by atoms with Gasteiger partial charge in [-0.15, -0.1) is 5.10 Å². The van der Waals surface area contributed by atoms with Gasteiger partial charge in [0.15, 0.2) is 11.3 Å². The molecular formula is C24H20N4O2S. The molecule has 0 saturated carbocycles. The Labute approximate surface area is 184 Å². The maximum atomic E-state index is 13.2. The van der Waals surface area contributed by atoms with Crippen LogP contribution < -0.4 is 20.6 Å². The van der Waals surface area contributed by atoms with Crippen LogP contribution in [0, 0.1) is 0 Å². The molecule has 2 aliphatic heterocycles. The molecule has 0 aromatic heterocycles. The number of hydrogen-bond donors (Lipinski definition) is 1. The molecule has 2 heterocycles. The molecule has 0 radical (unpaired) electrons. The van der Waals surface area contributed by atoms with Crippen molar-refractivity contribution in [2.45, 2.75) is 11.9 Å². The van der Waals surface area contributed by atoms with Crippen LogP contribution in [0.2, 0.25) is 0 Å². The number of amidine groups is 1. The number of rotatable bonds is 4. The molecule has 1 N–H and O–H groups in total. The largest absolute Gasteiger partial charge is 0.497 e. The van der Waals surface area contributed by atoms with Crippen molar-refractivity contribution in [3.8, 4) is 5.75 Å². The van der Waals surface area contributed by atoms with Crippen molar-refractivity contribution >= 4 is 28.5 Å². The second-order valence-electron chi connectivity index (χ2n) is 7.12. The fourth-order valence-electron chi connectivity index (χ4n) is 3.64. The maximum absolute atomic E-state index is 13.2. The summed E-state index contributed by atoms with van der Waals surface area (Å²) >= 11 is 1.49. The van der Waals surface area contributed by atoms with Gasteiger partial charge in [0.1, 0.15) is 11.4 Å². The number of nitrogens with zero attached hydrogens (tertiary/aromatic N) is 3. The molecule has 0 fully saturated rings.